The largest absolute Gasteiger partial charge is 0.274 e. The summed E-state index contributed by atoms with van der Waals surface area (Å²) >= 11 is 0. The fourth-order valence-corrected chi connectivity index (χ4v) is 1.05. The lowest BCUT2D eigenvalue weighted by molar-refractivity contribution is 0.583. The van der Waals surface area contributed by atoms with E-state index in [1.54, 1.807) is 24.5 Å². The van der Waals surface area contributed by atoms with Crippen molar-refractivity contribution >= 4 is 10.2 Å². The van der Waals surface area contributed by atoms with Gasteiger partial charge in [0, 0.05) is 18.9 Å². The van der Waals surface area contributed by atoms with Gasteiger partial charge in [0.1, 0.15) is 0 Å². The van der Waals surface area contributed by atoms with Crippen molar-refractivity contribution in [2.75, 3.05) is 0 Å². The maximum absolute atomic E-state index is 10.5. The highest BCUT2D eigenvalue weighted by molar-refractivity contribution is 7.87. The molecule has 0 radical (unpaired) electrons. The average molecular weight is 187 g/mol. The zero-order chi connectivity index (χ0) is 9.03. The Bertz CT molecular complexity index is 335. The molecule has 0 amide bonds. The van der Waals surface area contributed by atoms with Crippen molar-refractivity contribution in [2.45, 2.75) is 6.54 Å². The van der Waals surface area contributed by atoms with E-state index >= 15 is 0 Å². The Morgan fingerprint density at radius 1 is 1.58 bits per heavy atom. The average Bonchev–Trinajstić information content (AvgIpc) is 2.02. The molecule has 0 saturated carbocycles. The maximum Gasteiger partial charge on any atom is 0.274 e. The number of nitrogens with one attached hydrogen (secondary N) is 1. The zero-order valence-corrected chi connectivity index (χ0v) is 7.08. The van der Waals surface area contributed by atoms with Gasteiger partial charge in [-0.3, -0.25) is 4.98 Å². The van der Waals surface area contributed by atoms with Crippen molar-refractivity contribution in [3.63, 3.8) is 0 Å². The quantitative estimate of drug-likeness (QED) is 0.661. The molecular formula is C6H9N3O2S. The van der Waals surface area contributed by atoms with Crippen LogP contribution in [-0.2, 0) is 16.8 Å². The first-order chi connectivity index (χ1) is 5.58. The van der Waals surface area contributed by atoms with Gasteiger partial charge in [0.05, 0.1) is 0 Å². The molecule has 0 aromatic carbocycles. The number of hydrogen-bond donors (Lipinski definition) is 2. The predicted molar refractivity (Wildman–Crippen MR) is 44.2 cm³/mol. The summed E-state index contributed by atoms with van der Waals surface area (Å²) in [5.74, 6) is 0. The van der Waals surface area contributed by atoms with Crippen molar-refractivity contribution in [1.29, 1.82) is 0 Å². The zero-order valence-electron chi connectivity index (χ0n) is 6.27. The van der Waals surface area contributed by atoms with Crippen molar-refractivity contribution in [3.05, 3.63) is 30.1 Å². The monoisotopic (exact) mass is 187 g/mol. The Kier molecular flexibility index (Phi) is 2.74. The molecule has 1 aromatic rings. The van der Waals surface area contributed by atoms with Crippen LogP contribution in [0.15, 0.2) is 24.5 Å². The standard InChI is InChI=1S/C6H9N3O2S/c7-12(10,11)9-5-6-2-1-3-8-4-6/h1-4,9H,5H2,(H2,7,10,11). The second-order valence-corrected chi connectivity index (χ2v) is 3.61. The van der Waals surface area contributed by atoms with E-state index in [9.17, 15) is 8.42 Å². The minimum absolute atomic E-state index is 0.173. The van der Waals surface area contributed by atoms with Crippen LogP contribution < -0.4 is 9.86 Å². The number of nitrogens with two attached hydrogens (primary N) is 1. The van der Waals surface area contributed by atoms with Gasteiger partial charge in [-0.25, -0.2) is 5.14 Å². The fraction of sp³-hybridized carbons (Fsp3) is 0.167. The summed E-state index contributed by atoms with van der Waals surface area (Å²) in [6.07, 6.45) is 3.18. The van der Waals surface area contributed by atoms with Gasteiger partial charge in [-0.15, -0.1) is 0 Å². The molecule has 0 bridgehead atoms. The van der Waals surface area contributed by atoms with E-state index in [4.69, 9.17) is 5.14 Å². The van der Waals surface area contributed by atoms with Gasteiger partial charge < -0.3 is 0 Å². The molecule has 0 aliphatic carbocycles. The molecule has 1 rings (SSSR count). The van der Waals surface area contributed by atoms with E-state index in [0.29, 0.717) is 0 Å². The van der Waals surface area contributed by atoms with Gasteiger partial charge in [-0.2, -0.15) is 13.1 Å². The Morgan fingerprint density at radius 3 is 2.83 bits per heavy atom. The number of hydrogen-bond acceptors (Lipinski definition) is 3. The molecule has 6 heteroatoms. The maximum atomic E-state index is 10.5. The van der Waals surface area contributed by atoms with Crippen LogP contribution in [0.2, 0.25) is 0 Å². The summed E-state index contributed by atoms with van der Waals surface area (Å²) in [6.45, 7) is 0.173. The number of nitrogens with zero attached hydrogens (tertiary/aromatic N) is 1. The van der Waals surface area contributed by atoms with Crippen LogP contribution in [-0.4, -0.2) is 13.4 Å². The molecule has 3 N–H and O–H groups in total. The molecule has 1 heterocycles. The van der Waals surface area contributed by atoms with Crippen molar-refractivity contribution < 1.29 is 8.42 Å². The minimum Gasteiger partial charge on any atom is -0.264 e. The van der Waals surface area contributed by atoms with Crippen LogP contribution in [0.5, 0.6) is 0 Å². The van der Waals surface area contributed by atoms with Crippen LogP contribution in [0.3, 0.4) is 0 Å². The molecule has 0 spiro atoms. The smallest absolute Gasteiger partial charge is 0.264 e. The topological polar surface area (TPSA) is 85.1 Å². The van der Waals surface area contributed by atoms with Gasteiger partial charge in [-0.05, 0) is 11.6 Å². The lowest BCUT2D eigenvalue weighted by Crippen LogP contribution is -2.30. The summed E-state index contributed by atoms with van der Waals surface area (Å²) in [4.78, 5) is 3.81. The van der Waals surface area contributed by atoms with Gasteiger partial charge in [0.15, 0.2) is 0 Å². The summed E-state index contributed by atoms with van der Waals surface area (Å²) < 4.78 is 23.0. The van der Waals surface area contributed by atoms with Gasteiger partial charge >= 0.3 is 0 Å². The number of aromatic nitrogens is 1. The molecular weight excluding hydrogens is 178 g/mol. The third-order valence-electron chi connectivity index (χ3n) is 1.20. The first kappa shape index (κ1) is 9.11. The first-order valence-electron chi connectivity index (χ1n) is 3.24. The number of rotatable bonds is 3. The van der Waals surface area contributed by atoms with Crippen LogP contribution in [0.1, 0.15) is 5.56 Å². The van der Waals surface area contributed by atoms with E-state index < -0.39 is 10.2 Å². The molecule has 0 atom stereocenters. The highest BCUT2D eigenvalue weighted by Gasteiger charge is 1.99. The van der Waals surface area contributed by atoms with E-state index in [1.165, 1.54) is 0 Å². The highest BCUT2D eigenvalue weighted by Crippen LogP contribution is 1.94. The summed E-state index contributed by atoms with van der Waals surface area (Å²) in [5, 5.41) is 4.72. The van der Waals surface area contributed by atoms with E-state index in [2.05, 4.69) is 9.71 Å². The first-order valence-corrected chi connectivity index (χ1v) is 4.79. The molecule has 66 valence electrons. The van der Waals surface area contributed by atoms with Crippen LogP contribution >= 0.6 is 0 Å². The van der Waals surface area contributed by atoms with Gasteiger partial charge in [0.25, 0.3) is 10.2 Å². The Labute approximate surface area is 70.8 Å². The lowest BCUT2D eigenvalue weighted by Gasteiger charge is -1.99. The Morgan fingerprint density at radius 2 is 2.33 bits per heavy atom. The Hall–Kier alpha value is -0.980. The molecule has 0 aliphatic rings. The molecule has 5 nitrogen and oxygen atoms in total. The highest BCUT2D eigenvalue weighted by atomic mass is 32.2. The molecule has 0 aliphatic heterocycles. The molecule has 0 unspecified atom stereocenters. The normalized spacial score (nSPS) is 11.4. The molecule has 0 fully saturated rings. The van der Waals surface area contributed by atoms with Crippen molar-refractivity contribution in [3.8, 4) is 0 Å². The second-order valence-electron chi connectivity index (χ2n) is 2.23. The third-order valence-corrected chi connectivity index (χ3v) is 1.75. The van der Waals surface area contributed by atoms with E-state index in [1.807, 2.05) is 0 Å². The van der Waals surface area contributed by atoms with Gasteiger partial charge in [-0.1, -0.05) is 6.07 Å². The van der Waals surface area contributed by atoms with Crippen LogP contribution in [0, 0.1) is 0 Å². The van der Waals surface area contributed by atoms with E-state index in [0.717, 1.165) is 5.56 Å². The predicted octanol–water partition coefficient (Wildman–Crippen LogP) is -0.625. The van der Waals surface area contributed by atoms with Gasteiger partial charge in [0.2, 0.25) is 0 Å². The summed E-state index contributed by atoms with van der Waals surface area (Å²) in [7, 11) is -3.60. The van der Waals surface area contributed by atoms with Crippen molar-refractivity contribution in [2.24, 2.45) is 5.14 Å². The minimum atomic E-state index is -3.60. The molecule has 12 heavy (non-hydrogen) atoms. The van der Waals surface area contributed by atoms with Crippen LogP contribution in [0.4, 0.5) is 0 Å². The molecule has 1 aromatic heterocycles. The fourth-order valence-electron chi connectivity index (χ4n) is 0.687. The van der Waals surface area contributed by atoms with Crippen LogP contribution in [0.25, 0.3) is 0 Å². The van der Waals surface area contributed by atoms with Crippen molar-refractivity contribution in [1.82, 2.24) is 9.71 Å². The third kappa shape index (κ3) is 3.42. The Balaban J connectivity index is 2.56. The second kappa shape index (κ2) is 3.61. The summed E-state index contributed by atoms with van der Waals surface area (Å²) in [6, 6.07) is 3.48. The summed E-state index contributed by atoms with van der Waals surface area (Å²) in [5.41, 5.74) is 0.770. The SMILES string of the molecule is NS(=O)(=O)NCc1cccnc1. The molecule has 0 saturated heterocycles. The van der Waals surface area contributed by atoms with E-state index in [-0.39, 0.29) is 6.54 Å². The lowest BCUT2D eigenvalue weighted by atomic mass is 10.3. The number of pyridine rings is 1.